The Morgan fingerprint density at radius 3 is 2.71 bits per heavy atom. The minimum absolute atomic E-state index is 0.168. The van der Waals surface area contributed by atoms with E-state index < -0.39 is 0 Å². The van der Waals surface area contributed by atoms with Gasteiger partial charge in [-0.1, -0.05) is 35.0 Å². The van der Waals surface area contributed by atoms with E-state index in [2.05, 4.69) is 26.1 Å². The van der Waals surface area contributed by atoms with Gasteiger partial charge >= 0.3 is 0 Å². The molecule has 0 bridgehead atoms. The van der Waals surface area contributed by atoms with E-state index in [4.69, 9.17) is 22.5 Å². The lowest BCUT2D eigenvalue weighted by atomic mass is 10.2. The van der Waals surface area contributed by atoms with E-state index in [1.54, 1.807) is 12.3 Å². The normalized spacial score (nSPS) is 11.4. The number of pyridine rings is 1. The SMILES string of the molecule is N/C(CCN(c1ccccc1)c1ncc(Cl)cc1Br)=N/O. The first-order valence-electron chi connectivity index (χ1n) is 6.22. The first-order chi connectivity index (χ1) is 10.1. The van der Waals surface area contributed by atoms with Crippen molar-refractivity contribution < 1.29 is 5.21 Å². The van der Waals surface area contributed by atoms with E-state index in [0.717, 1.165) is 16.0 Å². The summed E-state index contributed by atoms with van der Waals surface area (Å²) in [5.41, 5.74) is 6.52. The molecular weight excluding hydrogens is 356 g/mol. The van der Waals surface area contributed by atoms with Gasteiger partial charge in [-0.2, -0.15) is 0 Å². The van der Waals surface area contributed by atoms with Crippen LogP contribution in [0.5, 0.6) is 0 Å². The molecule has 0 aliphatic carbocycles. The highest BCUT2D eigenvalue weighted by atomic mass is 79.9. The van der Waals surface area contributed by atoms with Crippen LogP contribution in [0.25, 0.3) is 0 Å². The molecule has 2 aromatic rings. The number of anilines is 2. The summed E-state index contributed by atoms with van der Waals surface area (Å²) < 4.78 is 0.776. The first-order valence-corrected chi connectivity index (χ1v) is 7.39. The number of halogens is 2. The Morgan fingerprint density at radius 1 is 1.38 bits per heavy atom. The average molecular weight is 370 g/mol. The number of aromatic nitrogens is 1. The van der Waals surface area contributed by atoms with Crippen molar-refractivity contribution in [3.8, 4) is 0 Å². The van der Waals surface area contributed by atoms with Gasteiger partial charge in [-0.25, -0.2) is 4.98 Å². The summed E-state index contributed by atoms with van der Waals surface area (Å²) in [7, 11) is 0. The minimum atomic E-state index is 0.168. The molecule has 0 saturated carbocycles. The summed E-state index contributed by atoms with van der Waals surface area (Å²) >= 11 is 9.40. The molecule has 110 valence electrons. The predicted molar refractivity (Wildman–Crippen MR) is 88.4 cm³/mol. The molecule has 5 nitrogen and oxygen atoms in total. The number of hydrogen-bond donors (Lipinski definition) is 2. The van der Waals surface area contributed by atoms with Gasteiger partial charge in [-0.15, -0.1) is 0 Å². The van der Waals surface area contributed by atoms with E-state index in [-0.39, 0.29) is 5.84 Å². The smallest absolute Gasteiger partial charge is 0.147 e. The van der Waals surface area contributed by atoms with Crippen molar-refractivity contribution in [1.82, 2.24) is 4.98 Å². The van der Waals surface area contributed by atoms with Crippen molar-refractivity contribution in [1.29, 1.82) is 0 Å². The molecule has 0 radical (unpaired) electrons. The van der Waals surface area contributed by atoms with Gasteiger partial charge in [0.1, 0.15) is 11.7 Å². The quantitative estimate of drug-likeness (QED) is 0.364. The number of oxime groups is 1. The van der Waals surface area contributed by atoms with Crippen molar-refractivity contribution in [3.05, 3.63) is 52.1 Å². The van der Waals surface area contributed by atoms with Crippen LogP contribution in [0.1, 0.15) is 6.42 Å². The van der Waals surface area contributed by atoms with Crippen LogP contribution in [-0.2, 0) is 0 Å². The van der Waals surface area contributed by atoms with Crippen molar-refractivity contribution >= 4 is 44.9 Å². The minimum Gasteiger partial charge on any atom is -0.409 e. The van der Waals surface area contributed by atoms with Gasteiger partial charge in [0.15, 0.2) is 0 Å². The van der Waals surface area contributed by atoms with Gasteiger partial charge in [-0.3, -0.25) is 0 Å². The van der Waals surface area contributed by atoms with Crippen LogP contribution in [0.4, 0.5) is 11.5 Å². The zero-order chi connectivity index (χ0) is 15.2. The molecule has 0 aliphatic heterocycles. The molecule has 21 heavy (non-hydrogen) atoms. The second kappa shape index (κ2) is 7.28. The summed E-state index contributed by atoms with van der Waals surface area (Å²) in [5, 5.41) is 12.2. The van der Waals surface area contributed by atoms with Gasteiger partial charge in [0.25, 0.3) is 0 Å². The van der Waals surface area contributed by atoms with Crippen molar-refractivity contribution in [2.75, 3.05) is 11.4 Å². The summed E-state index contributed by atoms with van der Waals surface area (Å²) in [6, 6.07) is 11.5. The molecule has 1 aromatic heterocycles. The predicted octanol–water partition coefficient (Wildman–Crippen LogP) is 3.77. The highest BCUT2D eigenvalue weighted by Gasteiger charge is 2.14. The zero-order valence-corrected chi connectivity index (χ0v) is 13.4. The Morgan fingerprint density at radius 2 is 2.10 bits per heavy atom. The van der Waals surface area contributed by atoms with E-state index in [1.165, 1.54) is 0 Å². The van der Waals surface area contributed by atoms with Crippen LogP contribution in [0, 0.1) is 0 Å². The summed E-state index contributed by atoms with van der Waals surface area (Å²) in [6.45, 7) is 0.521. The largest absolute Gasteiger partial charge is 0.409 e. The number of hydrogen-bond acceptors (Lipinski definition) is 4. The van der Waals surface area contributed by atoms with Crippen LogP contribution in [0.3, 0.4) is 0 Å². The fourth-order valence-electron chi connectivity index (χ4n) is 1.85. The molecule has 3 N–H and O–H groups in total. The van der Waals surface area contributed by atoms with Crippen LogP contribution in [-0.4, -0.2) is 22.6 Å². The first kappa shape index (κ1) is 15.6. The Bertz CT molecular complexity index is 636. The summed E-state index contributed by atoms with van der Waals surface area (Å²) in [4.78, 5) is 6.33. The molecule has 7 heteroatoms. The molecule has 1 heterocycles. The maximum absolute atomic E-state index is 8.68. The number of nitrogens with two attached hydrogens (primary N) is 1. The molecule has 0 aliphatic rings. The Kier molecular flexibility index (Phi) is 5.41. The molecule has 0 fully saturated rings. The molecule has 2 rings (SSSR count). The third-order valence-corrected chi connectivity index (χ3v) is 3.62. The maximum Gasteiger partial charge on any atom is 0.147 e. The van der Waals surface area contributed by atoms with Gasteiger partial charge in [-0.05, 0) is 34.1 Å². The summed E-state index contributed by atoms with van der Waals surface area (Å²) in [6.07, 6.45) is 1.99. The monoisotopic (exact) mass is 368 g/mol. The number of para-hydroxylation sites is 1. The summed E-state index contributed by atoms with van der Waals surface area (Å²) in [5.74, 6) is 0.886. The van der Waals surface area contributed by atoms with Crippen molar-refractivity contribution in [3.63, 3.8) is 0 Å². The maximum atomic E-state index is 8.68. The standard InChI is InChI=1S/C14H14BrClN4O/c15-12-8-10(16)9-18-14(12)20(7-6-13(17)19-21)11-4-2-1-3-5-11/h1-5,8-9,21H,6-7H2,(H2,17,19). The number of rotatable bonds is 5. The lowest BCUT2D eigenvalue weighted by Gasteiger charge is -2.24. The Balaban J connectivity index is 2.35. The molecule has 0 saturated heterocycles. The van der Waals surface area contributed by atoms with Crippen LogP contribution >= 0.6 is 27.5 Å². The van der Waals surface area contributed by atoms with Crippen molar-refractivity contribution in [2.45, 2.75) is 6.42 Å². The molecule has 0 spiro atoms. The van der Waals surface area contributed by atoms with E-state index in [0.29, 0.717) is 18.0 Å². The molecule has 0 amide bonds. The van der Waals surface area contributed by atoms with E-state index >= 15 is 0 Å². The lowest BCUT2D eigenvalue weighted by Crippen LogP contribution is -2.25. The number of amidine groups is 1. The van der Waals surface area contributed by atoms with Gasteiger partial charge in [0.2, 0.25) is 0 Å². The van der Waals surface area contributed by atoms with E-state index in [9.17, 15) is 0 Å². The molecule has 0 unspecified atom stereocenters. The van der Waals surface area contributed by atoms with Gasteiger partial charge in [0, 0.05) is 24.8 Å². The average Bonchev–Trinajstić information content (AvgIpc) is 2.50. The Labute approximate surface area is 136 Å². The molecule has 1 aromatic carbocycles. The second-order valence-corrected chi connectivity index (χ2v) is 5.58. The van der Waals surface area contributed by atoms with Gasteiger partial charge in [0.05, 0.1) is 9.50 Å². The molecule has 0 atom stereocenters. The van der Waals surface area contributed by atoms with Gasteiger partial charge < -0.3 is 15.8 Å². The van der Waals surface area contributed by atoms with Crippen LogP contribution < -0.4 is 10.6 Å². The number of benzene rings is 1. The van der Waals surface area contributed by atoms with E-state index in [1.807, 2.05) is 35.2 Å². The fraction of sp³-hybridized carbons (Fsp3) is 0.143. The topological polar surface area (TPSA) is 74.7 Å². The zero-order valence-electron chi connectivity index (χ0n) is 11.1. The second-order valence-electron chi connectivity index (χ2n) is 4.29. The fourth-order valence-corrected chi connectivity index (χ4v) is 2.70. The van der Waals surface area contributed by atoms with Crippen molar-refractivity contribution in [2.24, 2.45) is 10.9 Å². The van der Waals surface area contributed by atoms with Crippen LogP contribution in [0.2, 0.25) is 5.02 Å². The Hall–Kier alpha value is -1.79. The lowest BCUT2D eigenvalue weighted by molar-refractivity contribution is 0.317. The highest BCUT2D eigenvalue weighted by Crippen LogP contribution is 2.31. The third-order valence-electron chi connectivity index (χ3n) is 2.83. The highest BCUT2D eigenvalue weighted by molar-refractivity contribution is 9.10. The van der Waals surface area contributed by atoms with Crippen LogP contribution in [0.15, 0.2) is 52.2 Å². The third kappa shape index (κ3) is 4.09. The molecular formula is C14H14BrClN4O. The number of nitrogens with zero attached hydrogens (tertiary/aromatic N) is 3.